The van der Waals surface area contributed by atoms with Crippen molar-refractivity contribution in [1.82, 2.24) is 0 Å². The second-order valence-electron chi connectivity index (χ2n) is 3.04. The zero-order chi connectivity index (χ0) is 8.01. The fourth-order valence-electron chi connectivity index (χ4n) is 1.24. The molecule has 64 valence electrons. The second-order valence-corrected chi connectivity index (χ2v) is 3.04. The lowest BCUT2D eigenvalue weighted by atomic mass is 10.3. The van der Waals surface area contributed by atoms with E-state index in [0.717, 1.165) is 0 Å². The molecule has 1 N–H and O–H groups in total. The Morgan fingerprint density at radius 3 is 2.45 bits per heavy atom. The van der Waals surface area contributed by atoms with Crippen molar-refractivity contribution in [3.8, 4) is 0 Å². The molecule has 11 heavy (non-hydrogen) atoms. The molecule has 4 nitrogen and oxygen atoms in total. The first kappa shape index (κ1) is 7.49. The number of epoxide rings is 1. The van der Waals surface area contributed by atoms with Gasteiger partial charge in [-0.3, -0.25) is 0 Å². The fourth-order valence-corrected chi connectivity index (χ4v) is 1.24. The van der Waals surface area contributed by atoms with E-state index in [9.17, 15) is 5.11 Å². The Kier molecular flexibility index (Phi) is 1.64. The lowest BCUT2D eigenvalue weighted by Gasteiger charge is -2.18. The number of ether oxygens (including phenoxy) is 3. The molecule has 0 aromatic heterocycles. The minimum absolute atomic E-state index is 0.0228. The van der Waals surface area contributed by atoms with Crippen LogP contribution in [0.4, 0.5) is 0 Å². The first-order valence-electron chi connectivity index (χ1n) is 3.83. The molecule has 4 heteroatoms. The van der Waals surface area contributed by atoms with Gasteiger partial charge in [0.2, 0.25) is 0 Å². The largest absolute Gasteiger partial charge is 0.366 e. The summed E-state index contributed by atoms with van der Waals surface area (Å²) in [5, 5.41) is 9.26. The van der Waals surface area contributed by atoms with Crippen LogP contribution in [0.5, 0.6) is 0 Å². The standard InChI is InChI=1S/C7H12O4/c1-3-5-7(11-5)10-4(2)6(8)9-3/h3-8H,1-2H3. The topological polar surface area (TPSA) is 51.2 Å². The van der Waals surface area contributed by atoms with Crippen LogP contribution in [0, 0.1) is 0 Å². The third-order valence-electron chi connectivity index (χ3n) is 2.05. The number of hydrogen-bond acceptors (Lipinski definition) is 4. The van der Waals surface area contributed by atoms with Crippen molar-refractivity contribution < 1.29 is 19.3 Å². The highest BCUT2D eigenvalue weighted by atomic mass is 16.8. The van der Waals surface area contributed by atoms with E-state index in [4.69, 9.17) is 14.2 Å². The summed E-state index contributed by atoms with van der Waals surface area (Å²) < 4.78 is 15.6. The van der Waals surface area contributed by atoms with E-state index in [0.29, 0.717) is 0 Å². The predicted octanol–water partition coefficient (Wildman–Crippen LogP) is -0.147. The van der Waals surface area contributed by atoms with Gasteiger partial charge < -0.3 is 19.3 Å². The highest BCUT2D eigenvalue weighted by Gasteiger charge is 2.49. The van der Waals surface area contributed by atoms with E-state index in [1.807, 2.05) is 6.92 Å². The Bertz CT molecular complexity index is 157. The minimum Gasteiger partial charge on any atom is -0.366 e. The molecule has 0 radical (unpaired) electrons. The van der Waals surface area contributed by atoms with Crippen molar-refractivity contribution in [3.63, 3.8) is 0 Å². The lowest BCUT2D eigenvalue weighted by Crippen LogP contribution is -2.30. The Hall–Kier alpha value is -0.160. The number of rotatable bonds is 0. The van der Waals surface area contributed by atoms with Gasteiger partial charge in [0.1, 0.15) is 12.2 Å². The minimum atomic E-state index is -0.818. The summed E-state index contributed by atoms with van der Waals surface area (Å²) in [6.45, 7) is 3.64. The Labute approximate surface area is 65.1 Å². The third-order valence-corrected chi connectivity index (χ3v) is 2.05. The van der Waals surface area contributed by atoms with E-state index in [1.165, 1.54) is 0 Å². The van der Waals surface area contributed by atoms with Crippen LogP contribution in [0.15, 0.2) is 0 Å². The van der Waals surface area contributed by atoms with Crippen molar-refractivity contribution in [1.29, 1.82) is 0 Å². The lowest BCUT2D eigenvalue weighted by molar-refractivity contribution is -0.196. The predicted molar refractivity (Wildman–Crippen MR) is 35.8 cm³/mol. The van der Waals surface area contributed by atoms with Crippen molar-refractivity contribution >= 4 is 0 Å². The van der Waals surface area contributed by atoms with Crippen molar-refractivity contribution in [2.75, 3.05) is 0 Å². The summed E-state index contributed by atoms with van der Waals surface area (Å²) in [7, 11) is 0. The SMILES string of the molecule is CC1OC2OC2C(C)OC1O. The molecule has 0 spiro atoms. The molecule has 0 aliphatic carbocycles. The molecule has 2 fully saturated rings. The maximum atomic E-state index is 9.26. The number of hydrogen-bond donors (Lipinski definition) is 1. The highest BCUT2D eigenvalue weighted by molar-refractivity contribution is 4.86. The van der Waals surface area contributed by atoms with Crippen LogP contribution in [0.3, 0.4) is 0 Å². The molecule has 0 saturated carbocycles. The van der Waals surface area contributed by atoms with Crippen LogP contribution in [0.25, 0.3) is 0 Å². The maximum Gasteiger partial charge on any atom is 0.187 e. The van der Waals surface area contributed by atoms with Gasteiger partial charge in [-0.2, -0.15) is 0 Å². The Morgan fingerprint density at radius 1 is 1.00 bits per heavy atom. The summed E-state index contributed by atoms with van der Waals surface area (Å²) in [4.78, 5) is 0. The van der Waals surface area contributed by atoms with Crippen LogP contribution in [0.2, 0.25) is 0 Å². The van der Waals surface area contributed by atoms with Gasteiger partial charge in [0.25, 0.3) is 0 Å². The second kappa shape index (κ2) is 2.42. The average Bonchev–Trinajstić information content (AvgIpc) is 2.66. The molecular formula is C7H12O4. The monoisotopic (exact) mass is 160 g/mol. The van der Waals surface area contributed by atoms with E-state index in [1.54, 1.807) is 6.92 Å². The van der Waals surface area contributed by atoms with Gasteiger partial charge in [0.15, 0.2) is 12.6 Å². The van der Waals surface area contributed by atoms with E-state index >= 15 is 0 Å². The highest BCUT2D eigenvalue weighted by Crippen LogP contribution is 2.33. The Balaban J connectivity index is 2.02. The van der Waals surface area contributed by atoms with Crippen LogP contribution in [-0.4, -0.2) is 36.0 Å². The fraction of sp³-hybridized carbons (Fsp3) is 1.00. The molecule has 2 saturated heterocycles. The summed E-state index contributed by atoms with van der Waals surface area (Å²) in [5.74, 6) is 0. The maximum absolute atomic E-state index is 9.26. The Morgan fingerprint density at radius 2 is 1.73 bits per heavy atom. The summed E-state index contributed by atoms with van der Waals surface area (Å²) >= 11 is 0. The summed E-state index contributed by atoms with van der Waals surface area (Å²) in [5.41, 5.74) is 0. The molecular weight excluding hydrogens is 148 g/mol. The van der Waals surface area contributed by atoms with Crippen LogP contribution >= 0.6 is 0 Å². The smallest absolute Gasteiger partial charge is 0.187 e. The van der Waals surface area contributed by atoms with Gasteiger partial charge >= 0.3 is 0 Å². The number of aliphatic hydroxyl groups is 1. The molecule has 2 aliphatic rings. The summed E-state index contributed by atoms with van der Waals surface area (Å²) in [6, 6.07) is 0. The molecule has 0 bridgehead atoms. The van der Waals surface area contributed by atoms with Crippen molar-refractivity contribution in [2.24, 2.45) is 0 Å². The zero-order valence-electron chi connectivity index (χ0n) is 6.56. The van der Waals surface area contributed by atoms with Crippen LogP contribution in [-0.2, 0) is 14.2 Å². The normalized spacial score (nSPS) is 56.5. The average molecular weight is 160 g/mol. The first-order valence-corrected chi connectivity index (χ1v) is 3.83. The molecule has 0 aromatic carbocycles. The zero-order valence-corrected chi connectivity index (χ0v) is 6.56. The third kappa shape index (κ3) is 1.27. The van der Waals surface area contributed by atoms with Gasteiger partial charge in [0, 0.05) is 0 Å². The molecule has 2 heterocycles. The molecule has 0 aromatic rings. The summed E-state index contributed by atoms with van der Waals surface area (Å²) in [6.07, 6.45) is -1.32. The van der Waals surface area contributed by atoms with Crippen LogP contribution < -0.4 is 0 Å². The van der Waals surface area contributed by atoms with Gasteiger partial charge in [-0.25, -0.2) is 0 Å². The van der Waals surface area contributed by atoms with E-state index in [-0.39, 0.29) is 24.6 Å². The molecule has 2 rings (SSSR count). The first-order chi connectivity index (χ1) is 5.18. The molecule has 2 aliphatic heterocycles. The van der Waals surface area contributed by atoms with Crippen molar-refractivity contribution in [2.45, 2.75) is 44.7 Å². The van der Waals surface area contributed by atoms with Gasteiger partial charge in [-0.05, 0) is 13.8 Å². The van der Waals surface area contributed by atoms with Gasteiger partial charge in [0.05, 0.1) is 6.10 Å². The number of aliphatic hydroxyl groups excluding tert-OH is 1. The van der Waals surface area contributed by atoms with E-state index < -0.39 is 6.29 Å². The molecule has 5 atom stereocenters. The number of fused-ring (bicyclic) bond motifs is 1. The quantitative estimate of drug-likeness (QED) is 0.501. The van der Waals surface area contributed by atoms with Crippen molar-refractivity contribution in [3.05, 3.63) is 0 Å². The molecule has 5 unspecified atom stereocenters. The molecule has 0 amide bonds. The van der Waals surface area contributed by atoms with E-state index in [2.05, 4.69) is 0 Å². The van der Waals surface area contributed by atoms with Gasteiger partial charge in [-0.15, -0.1) is 0 Å². The van der Waals surface area contributed by atoms with Crippen LogP contribution in [0.1, 0.15) is 13.8 Å². The van der Waals surface area contributed by atoms with Gasteiger partial charge in [-0.1, -0.05) is 0 Å².